The van der Waals surface area contributed by atoms with Gasteiger partial charge in [0.1, 0.15) is 5.56 Å². The van der Waals surface area contributed by atoms with Gasteiger partial charge in [-0.25, -0.2) is 4.79 Å². The summed E-state index contributed by atoms with van der Waals surface area (Å²) in [5.41, 5.74) is 0.448. The lowest BCUT2D eigenvalue weighted by Gasteiger charge is -2.07. The summed E-state index contributed by atoms with van der Waals surface area (Å²) in [6, 6.07) is 0. The van der Waals surface area contributed by atoms with Crippen molar-refractivity contribution in [2.75, 3.05) is 0 Å². The van der Waals surface area contributed by atoms with E-state index in [1.807, 2.05) is 0 Å². The quantitative estimate of drug-likeness (QED) is 0.874. The number of hydrogen-bond acceptors (Lipinski definition) is 2. The third-order valence-electron chi connectivity index (χ3n) is 2.20. The first-order valence-electron chi connectivity index (χ1n) is 4.56. The summed E-state index contributed by atoms with van der Waals surface area (Å²) in [6.07, 6.45) is -5.29. The highest BCUT2D eigenvalue weighted by Gasteiger charge is 2.28. The number of carbonyl (C=O) groups is 1. The van der Waals surface area contributed by atoms with E-state index in [4.69, 9.17) is 5.11 Å². The Bertz CT molecular complexity index is 410. The van der Waals surface area contributed by atoms with Gasteiger partial charge in [-0.1, -0.05) is 0 Å². The Morgan fingerprint density at radius 2 is 2.00 bits per heavy atom. The smallest absolute Gasteiger partial charge is 0.390 e. The Kier molecular flexibility index (Phi) is 3.25. The Morgan fingerprint density at radius 3 is 2.38 bits per heavy atom. The first-order valence-corrected chi connectivity index (χ1v) is 4.56. The minimum absolute atomic E-state index is 0.0258. The van der Waals surface area contributed by atoms with Gasteiger partial charge in [-0.3, -0.25) is 4.68 Å². The molecule has 0 saturated carbocycles. The molecule has 0 atom stereocenters. The van der Waals surface area contributed by atoms with Crippen molar-refractivity contribution >= 4 is 5.97 Å². The maximum atomic E-state index is 12.0. The molecule has 0 fully saturated rings. The minimum atomic E-state index is -4.27. The predicted molar refractivity (Wildman–Crippen MR) is 49.3 cm³/mol. The van der Waals surface area contributed by atoms with Crippen LogP contribution in [0.25, 0.3) is 0 Å². The van der Waals surface area contributed by atoms with Crippen molar-refractivity contribution in [3.8, 4) is 0 Å². The number of aromatic nitrogens is 2. The van der Waals surface area contributed by atoms with Crippen LogP contribution in [-0.2, 0) is 6.54 Å². The molecule has 0 bridgehead atoms. The highest BCUT2D eigenvalue weighted by molar-refractivity contribution is 5.90. The van der Waals surface area contributed by atoms with Gasteiger partial charge in [0.2, 0.25) is 0 Å². The summed E-state index contributed by atoms with van der Waals surface area (Å²) < 4.78 is 37.0. The van der Waals surface area contributed by atoms with Gasteiger partial charge in [-0.15, -0.1) is 0 Å². The van der Waals surface area contributed by atoms with Crippen LogP contribution in [0.3, 0.4) is 0 Å². The van der Waals surface area contributed by atoms with Crippen molar-refractivity contribution in [2.24, 2.45) is 0 Å². The first kappa shape index (κ1) is 12.5. The van der Waals surface area contributed by atoms with Crippen molar-refractivity contribution in [3.63, 3.8) is 0 Å². The Morgan fingerprint density at radius 1 is 1.44 bits per heavy atom. The molecule has 1 aromatic heterocycles. The van der Waals surface area contributed by atoms with Crippen LogP contribution in [0.2, 0.25) is 0 Å². The van der Waals surface area contributed by atoms with E-state index in [1.54, 1.807) is 0 Å². The molecule has 0 saturated heterocycles. The van der Waals surface area contributed by atoms with Gasteiger partial charge in [0, 0.05) is 6.54 Å². The van der Waals surface area contributed by atoms with E-state index in [0.717, 1.165) is 4.68 Å². The monoisotopic (exact) mass is 236 g/mol. The van der Waals surface area contributed by atoms with Crippen LogP contribution >= 0.6 is 0 Å². The summed E-state index contributed by atoms with van der Waals surface area (Å²) in [5.74, 6) is -1.17. The molecule has 1 N–H and O–H groups in total. The molecule has 4 nitrogen and oxygen atoms in total. The van der Waals surface area contributed by atoms with Crippen LogP contribution in [0, 0.1) is 13.8 Å². The van der Waals surface area contributed by atoms with Crippen LogP contribution in [0.1, 0.15) is 28.2 Å². The molecule has 0 aliphatic carbocycles. The predicted octanol–water partition coefficient (Wildman–Crippen LogP) is 2.15. The SMILES string of the molecule is Cc1nn(CCC(F)(F)F)c(C)c1C(=O)O. The summed E-state index contributed by atoms with van der Waals surface area (Å²) >= 11 is 0. The number of rotatable bonds is 3. The minimum Gasteiger partial charge on any atom is -0.478 e. The topological polar surface area (TPSA) is 55.1 Å². The molecule has 0 amide bonds. The number of carboxylic acid groups (broad SMARTS) is 1. The third-order valence-corrected chi connectivity index (χ3v) is 2.20. The fraction of sp³-hybridized carbons (Fsp3) is 0.556. The van der Waals surface area contributed by atoms with Gasteiger partial charge in [-0.05, 0) is 13.8 Å². The maximum Gasteiger partial charge on any atom is 0.390 e. The zero-order valence-corrected chi connectivity index (χ0v) is 8.80. The molecule has 0 aliphatic heterocycles. The molecule has 0 spiro atoms. The lowest BCUT2D eigenvalue weighted by molar-refractivity contribution is -0.137. The second-order valence-corrected chi connectivity index (χ2v) is 3.44. The van der Waals surface area contributed by atoms with Crippen LogP contribution in [0.4, 0.5) is 13.2 Å². The van der Waals surface area contributed by atoms with Crippen LogP contribution in [0.15, 0.2) is 0 Å². The number of carboxylic acids is 1. The van der Waals surface area contributed by atoms with Crippen molar-refractivity contribution in [2.45, 2.75) is 33.0 Å². The molecule has 0 aliphatic rings. The van der Waals surface area contributed by atoms with Gasteiger partial charge < -0.3 is 5.11 Å². The fourth-order valence-electron chi connectivity index (χ4n) is 1.46. The van der Waals surface area contributed by atoms with Crippen molar-refractivity contribution < 1.29 is 23.1 Å². The highest BCUT2D eigenvalue weighted by Crippen LogP contribution is 2.21. The van der Waals surface area contributed by atoms with Gasteiger partial charge in [0.15, 0.2) is 0 Å². The largest absolute Gasteiger partial charge is 0.478 e. The number of hydrogen-bond donors (Lipinski definition) is 1. The lowest BCUT2D eigenvalue weighted by atomic mass is 10.2. The van der Waals surface area contributed by atoms with Crippen LogP contribution in [0.5, 0.6) is 0 Å². The Hall–Kier alpha value is -1.53. The van der Waals surface area contributed by atoms with Gasteiger partial charge in [-0.2, -0.15) is 18.3 Å². The third kappa shape index (κ3) is 2.74. The normalized spacial score (nSPS) is 11.8. The summed E-state index contributed by atoms with van der Waals surface area (Å²) in [4.78, 5) is 10.8. The zero-order valence-electron chi connectivity index (χ0n) is 8.80. The molecular weight excluding hydrogens is 225 g/mol. The average molecular weight is 236 g/mol. The highest BCUT2D eigenvalue weighted by atomic mass is 19.4. The lowest BCUT2D eigenvalue weighted by Crippen LogP contribution is -2.14. The standard InChI is InChI=1S/C9H11F3N2O2/c1-5-7(8(15)16)6(2)14(13-5)4-3-9(10,11)12/h3-4H2,1-2H3,(H,15,16). The second kappa shape index (κ2) is 4.15. The molecular formula is C9H11F3N2O2. The van der Waals surface area contributed by atoms with E-state index in [0.29, 0.717) is 0 Å². The fourth-order valence-corrected chi connectivity index (χ4v) is 1.46. The van der Waals surface area contributed by atoms with E-state index in [1.165, 1.54) is 13.8 Å². The first-order chi connectivity index (χ1) is 7.22. The number of nitrogens with zero attached hydrogens (tertiary/aromatic N) is 2. The summed E-state index contributed by atoms with van der Waals surface area (Å²) in [7, 11) is 0. The Labute approximate surface area is 89.7 Å². The van der Waals surface area contributed by atoms with Crippen molar-refractivity contribution in [1.82, 2.24) is 9.78 Å². The molecule has 0 unspecified atom stereocenters. The van der Waals surface area contributed by atoms with Crippen LogP contribution < -0.4 is 0 Å². The molecule has 16 heavy (non-hydrogen) atoms. The number of aromatic carboxylic acids is 1. The van der Waals surface area contributed by atoms with E-state index in [2.05, 4.69) is 5.10 Å². The Balaban J connectivity index is 2.91. The average Bonchev–Trinajstić information content (AvgIpc) is 2.36. The van der Waals surface area contributed by atoms with Crippen molar-refractivity contribution in [1.29, 1.82) is 0 Å². The summed E-state index contributed by atoms with van der Waals surface area (Å²) in [6.45, 7) is 2.55. The molecule has 1 rings (SSSR count). The van der Waals surface area contributed by atoms with E-state index in [-0.39, 0.29) is 23.5 Å². The summed E-state index contributed by atoms with van der Waals surface area (Å²) in [5, 5.41) is 12.6. The number of alkyl halides is 3. The zero-order chi connectivity index (χ0) is 12.5. The van der Waals surface area contributed by atoms with E-state index >= 15 is 0 Å². The van der Waals surface area contributed by atoms with Gasteiger partial charge >= 0.3 is 12.1 Å². The molecule has 1 aromatic rings. The van der Waals surface area contributed by atoms with Crippen LogP contribution in [-0.4, -0.2) is 27.0 Å². The van der Waals surface area contributed by atoms with Crippen molar-refractivity contribution in [3.05, 3.63) is 17.0 Å². The maximum absolute atomic E-state index is 12.0. The van der Waals surface area contributed by atoms with Gasteiger partial charge in [0.25, 0.3) is 0 Å². The second-order valence-electron chi connectivity index (χ2n) is 3.44. The molecule has 1 heterocycles. The molecule has 0 radical (unpaired) electrons. The molecule has 90 valence electrons. The molecule has 7 heteroatoms. The van der Waals surface area contributed by atoms with E-state index < -0.39 is 18.6 Å². The van der Waals surface area contributed by atoms with Gasteiger partial charge in [0.05, 0.1) is 17.8 Å². The molecule has 0 aromatic carbocycles. The van der Waals surface area contributed by atoms with E-state index in [9.17, 15) is 18.0 Å². The number of aryl methyl sites for hydroxylation is 2. The number of halogens is 3.